The van der Waals surface area contributed by atoms with Crippen molar-refractivity contribution < 1.29 is 9.59 Å². The first kappa shape index (κ1) is 19.2. The van der Waals surface area contributed by atoms with Gasteiger partial charge in [-0.1, -0.05) is 48.3 Å². The molecule has 0 aliphatic carbocycles. The summed E-state index contributed by atoms with van der Waals surface area (Å²) in [5.41, 5.74) is 1.98. The number of nitrogens with zero attached hydrogens (tertiary/aromatic N) is 2. The number of pyridine rings is 1. The minimum Gasteiger partial charge on any atom is -0.329 e. The summed E-state index contributed by atoms with van der Waals surface area (Å²) in [6, 6.07) is 8.93. The van der Waals surface area contributed by atoms with Crippen LogP contribution in [-0.2, 0) is 4.79 Å². The summed E-state index contributed by atoms with van der Waals surface area (Å²) in [6.45, 7) is 4.24. The molecule has 7 heteroatoms. The first-order chi connectivity index (χ1) is 11.9. The van der Waals surface area contributed by atoms with Crippen LogP contribution in [0.5, 0.6) is 0 Å². The number of amides is 2. The van der Waals surface area contributed by atoms with E-state index in [-0.39, 0.29) is 28.5 Å². The molecule has 1 aromatic carbocycles. The van der Waals surface area contributed by atoms with Gasteiger partial charge in [0, 0.05) is 18.4 Å². The predicted molar refractivity (Wildman–Crippen MR) is 100 cm³/mol. The number of halogens is 2. The third kappa shape index (κ3) is 5.18. The first-order valence-electron chi connectivity index (χ1n) is 7.88. The van der Waals surface area contributed by atoms with Gasteiger partial charge in [0.15, 0.2) is 0 Å². The fraction of sp³-hybridized carbons (Fsp3) is 0.278. The van der Waals surface area contributed by atoms with Gasteiger partial charge in [0.05, 0.1) is 10.6 Å². The van der Waals surface area contributed by atoms with E-state index in [0.717, 1.165) is 17.7 Å². The van der Waals surface area contributed by atoms with Crippen LogP contribution < -0.4 is 5.32 Å². The smallest absolute Gasteiger partial charge is 0.255 e. The summed E-state index contributed by atoms with van der Waals surface area (Å²) in [6.07, 6.45) is 2.08. The average Bonchev–Trinajstić information content (AvgIpc) is 2.58. The van der Waals surface area contributed by atoms with Crippen LogP contribution in [0.1, 0.15) is 29.3 Å². The molecule has 0 saturated carbocycles. The molecule has 0 radical (unpaired) electrons. The molecule has 2 amide bonds. The molecule has 132 valence electrons. The van der Waals surface area contributed by atoms with Crippen molar-refractivity contribution in [2.75, 3.05) is 18.4 Å². The molecule has 1 N–H and O–H groups in total. The first-order valence-corrected chi connectivity index (χ1v) is 8.63. The van der Waals surface area contributed by atoms with Gasteiger partial charge in [-0.25, -0.2) is 4.98 Å². The monoisotopic (exact) mass is 379 g/mol. The van der Waals surface area contributed by atoms with Gasteiger partial charge >= 0.3 is 0 Å². The second-order valence-electron chi connectivity index (χ2n) is 5.59. The molecule has 0 spiro atoms. The molecular formula is C18H19Cl2N3O2. The number of benzene rings is 1. The fourth-order valence-electron chi connectivity index (χ4n) is 2.32. The van der Waals surface area contributed by atoms with Crippen molar-refractivity contribution in [1.82, 2.24) is 9.88 Å². The van der Waals surface area contributed by atoms with Gasteiger partial charge in [-0.05, 0) is 31.0 Å². The van der Waals surface area contributed by atoms with Crippen molar-refractivity contribution in [3.63, 3.8) is 0 Å². The van der Waals surface area contributed by atoms with Crippen LogP contribution in [0.3, 0.4) is 0 Å². The second kappa shape index (κ2) is 8.83. The minimum absolute atomic E-state index is 0.0543. The molecule has 0 unspecified atom stereocenters. The Bertz CT molecular complexity index is 781. The number of rotatable bonds is 6. The van der Waals surface area contributed by atoms with Gasteiger partial charge in [0.2, 0.25) is 5.91 Å². The number of anilines is 1. The zero-order valence-electron chi connectivity index (χ0n) is 14.1. The Kier molecular flexibility index (Phi) is 6.79. The van der Waals surface area contributed by atoms with Gasteiger partial charge in [-0.3, -0.25) is 9.59 Å². The van der Waals surface area contributed by atoms with E-state index >= 15 is 0 Å². The standard InChI is InChI=1S/C18H19Cl2N3O2/c1-3-8-23(18(25)13-9-14(19)17(20)21-10-13)11-16(24)22-15-7-5-4-6-12(15)2/h4-7,9-10H,3,8,11H2,1-2H3,(H,22,24). The maximum absolute atomic E-state index is 12.7. The summed E-state index contributed by atoms with van der Waals surface area (Å²) in [4.78, 5) is 30.3. The lowest BCUT2D eigenvalue weighted by Gasteiger charge is -2.22. The summed E-state index contributed by atoms with van der Waals surface area (Å²) in [7, 11) is 0. The maximum Gasteiger partial charge on any atom is 0.255 e. The van der Waals surface area contributed by atoms with E-state index in [0.29, 0.717) is 12.1 Å². The SMILES string of the molecule is CCCN(CC(=O)Nc1ccccc1C)C(=O)c1cnc(Cl)c(Cl)c1. The van der Waals surface area contributed by atoms with Crippen LogP contribution in [0.4, 0.5) is 5.69 Å². The number of aryl methyl sites for hydroxylation is 1. The van der Waals surface area contributed by atoms with Gasteiger partial charge < -0.3 is 10.2 Å². The molecule has 1 aromatic heterocycles. The maximum atomic E-state index is 12.7. The highest BCUT2D eigenvalue weighted by atomic mass is 35.5. The lowest BCUT2D eigenvalue weighted by molar-refractivity contribution is -0.116. The average molecular weight is 380 g/mol. The summed E-state index contributed by atoms with van der Waals surface area (Å²) >= 11 is 11.7. The largest absolute Gasteiger partial charge is 0.329 e. The summed E-state index contributed by atoms with van der Waals surface area (Å²) in [5, 5.41) is 3.17. The zero-order valence-corrected chi connectivity index (χ0v) is 15.6. The van der Waals surface area contributed by atoms with E-state index in [2.05, 4.69) is 10.3 Å². The molecule has 5 nitrogen and oxygen atoms in total. The topological polar surface area (TPSA) is 62.3 Å². The van der Waals surface area contributed by atoms with E-state index in [9.17, 15) is 9.59 Å². The summed E-state index contributed by atoms with van der Waals surface area (Å²) < 4.78 is 0. The Morgan fingerprint density at radius 2 is 1.96 bits per heavy atom. The molecule has 1 heterocycles. The molecule has 0 aliphatic heterocycles. The van der Waals surface area contributed by atoms with Gasteiger partial charge in [-0.2, -0.15) is 0 Å². The van der Waals surface area contributed by atoms with Crippen LogP contribution >= 0.6 is 23.2 Å². The minimum atomic E-state index is -0.312. The van der Waals surface area contributed by atoms with Gasteiger partial charge in [-0.15, -0.1) is 0 Å². The lowest BCUT2D eigenvalue weighted by atomic mass is 10.2. The van der Waals surface area contributed by atoms with Crippen LogP contribution in [-0.4, -0.2) is 34.8 Å². The molecular weight excluding hydrogens is 361 g/mol. The van der Waals surface area contributed by atoms with E-state index in [1.54, 1.807) is 0 Å². The van der Waals surface area contributed by atoms with Gasteiger partial charge in [0.25, 0.3) is 5.91 Å². The molecule has 25 heavy (non-hydrogen) atoms. The third-order valence-corrected chi connectivity index (χ3v) is 4.26. The van der Waals surface area contributed by atoms with E-state index in [4.69, 9.17) is 23.2 Å². The quantitative estimate of drug-likeness (QED) is 0.765. The Morgan fingerprint density at radius 3 is 2.60 bits per heavy atom. The van der Waals surface area contributed by atoms with Crippen LogP contribution in [0, 0.1) is 6.92 Å². The highest BCUT2D eigenvalue weighted by Crippen LogP contribution is 2.20. The van der Waals surface area contributed by atoms with Crippen LogP contribution in [0.25, 0.3) is 0 Å². The Hall–Kier alpha value is -2.11. The molecule has 0 fully saturated rings. The highest BCUT2D eigenvalue weighted by Gasteiger charge is 2.19. The molecule has 0 atom stereocenters. The van der Waals surface area contributed by atoms with Crippen LogP contribution in [0.2, 0.25) is 10.2 Å². The van der Waals surface area contributed by atoms with Crippen LogP contribution in [0.15, 0.2) is 36.5 Å². The van der Waals surface area contributed by atoms with Crippen molar-refractivity contribution in [2.24, 2.45) is 0 Å². The zero-order chi connectivity index (χ0) is 18.4. The van der Waals surface area contributed by atoms with Crippen molar-refractivity contribution in [3.8, 4) is 0 Å². The van der Waals surface area contributed by atoms with Crippen molar-refractivity contribution in [1.29, 1.82) is 0 Å². The second-order valence-corrected chi connectivity index (χ2v) is 6.35. The van der Waals surface area contributed by atoms with E-state index < -0.39 is 0 Å². The number of nitrogens with one attached hydrogen (secondary N) is 1. The molecule has 2 aromatic rings. The number of carbonyl (C=O) groups excluding carboxylic acids is 2. The molecule has 2 rings (SSSR count). The van der Waals surface area contributed by atoms with E-state index in [1.165, 1.54) is 17.2 Å². The fourth-order valence-corrected chi connectivity index (χ4v) is 2.59. The third-order valence-electron chi connectivity index (χ3n) is 3.58. The Labute approximate surface area is 157 Å². The van der Waals surface area contributed by atoms with Crippen molar-refractivity contribution in [3.05, 3.63) is 57.8 Å². The Morgan fingerprint density at radius 1 is 1.24 bits per heavy atom. The molecule has 0 saturated heterocycles. The number of hydrogen-bond donors (Lipinski definition) is 1. The highest BCUT2D eigenvalue weighted by molar-refractivity contribution is 6.41. The summed E-state index contributed by atoms with van der Waals surface area (Å²) in [5.74, 6) is -0.572. The lowest BCUT2D eigenvalue weighted by Crippen LogP contribution is -2.38. The van der Waals surface area contributed by atoms with E-state index in [1.807, 2.05) is 38.1 Å². The Balaban J connectivity index is 2.11. The number of aromatic nitrogens is 1. The normalized spacial score (nSPS) is 10.4. The number of hydrogen-bond acceptors (Lipinski definition) is 3. The van der Waals surface area contributed by atoms with Crippen molar-refractivity contribution in [2.45, 2.75) is 20.3 Å². The van der Waals surface area contributed by atoms with Gasteiger partial charge in [0.1, 0.15) is 11.7 Å². The number of para-hydroxylation sites is 1. The molecule has 0 aliphatic rings. The van der Waals surface area contributed by atoms with Crippen molar-refractivity contribution >= 4 is 40.7 Å². The number of carbonyl (C=O) groups is 2. The molecule has 0 bridgehead atoms. The predicted octanol–water partition coefficient (Wildman–Crippen LogP) is 4.19.